The van der Waals surface area contributed by atoms with Gasteiger partial charge in [0.1, 0.15) is 5.75 Å². The van der Waals surface area contributed by atoms with Gasteiger partial charge in [0.25, 0.3) is 5.92 Å². The molecule has 0 atom stereocenters. The second kappa shape index (κ2) is 3.66. The molecule has 0 rings (SSSR count). The van der Waals surface area contributed by atoms with Crippen LogP contribution in [-0.4, -0.2) is 30.4 Å². The average molecular weight is 201 g/mol. The number of halogens is 2. The zero-order valence-corrected chi connectivity index (χ0v) is 7.61. The predicted molar refractivity (Wildman–Crippen MR) is 40.1 cm³/mol. The minimum Gasteiger partial charge on any atom is -0.384 e. The largest absolute Gasteiger partial charge is 0.384 e. The lowest BCUT2D eigenvalue weighted by molar-refractivity contribution is 0.0141. The molecule has 0 fully saturated rings. The second-order valence-electron chi connectivity index (χ2n) is 2.75. The van der Waals surface area contributed by atoms with Gasteiger partial charge in [-0.2, -0.15) is 0 Å². The molecule has 6 heteroatoms. The highest BCUT2D eigenvalue weighted by Crippen LogP contribution is 2.20. The van der Waals surface area contributed by atoms with Gasteiger partial charge in [-0.25, -0.2) is 17.2 Å². The lowest BCUT2D eigenvalue weighted by atomic mass is 10.4. The first-order valence-corrected chi connectivity index (χ1v) is 5.01. The average Bonchev–Trinajstić information content (AvgIpc) is 1.85. The van der Waals surface area contributed by atoms with Crippen molar-refractivity contribution in [3.63, 3.8) is 0 Å². The summed E-state index contributed by atoms with van der Waals surface area (Å²) in [7, 11) is -3.81. The molecule has 1 N–H and O–H groups in total. The van der Waals surface area contributed by atoms with E-state index in [-0.39, 0.29) is 0 Å². The molecule has 0 aromatic carbocycles. The number of rotatable bonds is 4. The maximum absolute atomic E-state index is 12.3. The van der Waals surface area contributed by atoms with Gasteiger partial charge in [0.2, 0.25) is 0 Å². The third-order valence-electron chi connectivity index (χ3n) is 1.30. The molecule has 0 aliphatic rings. The molecule has 1 radical (unpaired) electrons. The van der Waals surface area contributed by atoms with Crippen molar-refractivity contribution in [2.75, 3.05) is 5.75 Å². The fourth-order valence-electron chi connectivity index (χ4n) is 0.472. The fourth-order valence-corrected chi connectivity index (χ4v) is 1.42. The van der Waals surface area contributed by atoms with Gasteiger partial charge in [0.05, 0.1) is 5.25 Å². The maximum Gasteiger partial charge on any atom is 0.289 e. The third kappa shape index (κ3) is 3.44. The highest BCUT2D eigenvalue weighted by Gasteiger charge is 2.36. The van der Waals surface area contributed by atoms with E-state index < -0.39 is 33.4 Å². The Kier molecular flexibility index (Phi) is 3.59. The summed E-state index contributed by atoms with van der Waals surface area (Å²) in [5, 5.41) is 7.14. The highest BCUT2D eigenvalue weighted by atomic mass is 32.2. The summed E-state index contributed by atoms with van der Waals surface area (Å²) in [5.41, 5.74) is 0. The smallest absolute Gasteiger partial charge is 0.289 e. The van der Waals surface area contributed by atoms with Gasteiger partial charge < -0.3 is 5.11 Å². The second-order valence-corrected chi connectivity index (χ2v) is 5.30. The van der Waals surface area contributed by atoms with Gasteiger partial charge in [0, 0.05) is 0 Å². The number of hydrogen-bond acceptors (Lipinski definition) is 3. The number of aliphatic hydroxyl groups is 1. The number of hydrogen-bond donors (Lipinski definition) is 1. The van der Waals surface area contributed by atoms with Crippen molar-refractivity contribution in [3.05, 3.63) is 6.61 Å². The van der Waals surface area contributed by atoms with Gasteiger partial charge >= 0.3 is 0 Å². The molecule has 0 saturated heterocycles. The summed E-state index contributed by atoms with van der Waals surface area (Å²) >= 11 is 0. The molecular formula is C6H11F2O3S. The van der Waals surface area contributed by atoms with E-state index >= 15 is 0 Å². The Morgan fingerprint density at radius 1 is 1.50 bits per heavy atom. The van der Waals surface area contributed by atoms with E-state index in [2.05, 4.69) is 0 Å². The van der Waals surface area contributed by atoms with Gasteiger partial charge in [-0.15, -0.1) is 0 Å². The molecule has 73 valence electrons. The van der Waals surface area contributed by atoms with Crippen LogP contribution in [0.1, 0.15) is 13.8 Å². The molecule has 0 aromatic rings. The number of alkyl halides is 2. The summed E-state index contributed by atoms with van der Waals surface area (Å²) < 4.78 is 46.4. The van der Waals surface area contributed by atoms with E-state index in [0.29, 0.717) is 0 Å². The van der Waals surface area contributed by atoms with Crippen molar-refractivity contribution < 1.29 is 22.3 Å². The number of aliphatic hydroxyl groups excluding tert-OH is 1. The first-order valence-electron chi connectivity index (χ1n) is 3.29. The lowest BCUT2D eigenvalue weighted by Crippen LogP contribution is -2.32. The zero-order valence-electron chi connectivity index (χ0n) is 6.79. The topological polar surface area (TPSA) is 54.4 Å². The van der Waals surface area contributed by atoms with Crippen LogP contribution in [0, 0.1) is 6.61 Å². The van der Waals surface area contributed by atoms with Crippen molar-refractivity contribution in [2.24, 2.45) is 0 Å². The van der Waals surface area contributed by atoms with Crippen molar-refractivity contribution in [1.29, 1.82) is 0 Å². The highest BCUT2D eigenvalue weighted by molar-refractivity contribution is 7.92. The summed E-state index contributed by atoms with van der Waals surface area (Å²) in [4.78, 5) is 0. The lowest BCUT2D eigenvalue weighted by Gasteiger charge is -2.14. The van der Waals surface area contributed by atoms with Crippen LogP contribution >= 0.6 is 0 Å². The van der Waals surface area contributed by atoms with E-state index in [9.17, 15) is 17.2 Å². The van der Waals surface area contributed by atoms with Gasteiger partial charge in [-0.05, 0) is 13.8 Å². The Balaban J connectivity index is 4.47. The van der Waals surface area contributed by atoms with Gasteiger partial charge in [0.15, 0.2) is 16.4 Å². The molecule has 0 aromatic heterocycles. The zero-order chi connectivity index (χ0) is 9.99. The van der Waals surface area contributed by atoms with Crippen LogP contribution in [0.3, 0.4) is 0 Å². The van der Waals surface area contributed by atoms with Gasteiger partial charge in [-0.3, -0.25) is 0 Å². The van der Waals surface area contributed by atoms with E-state index in [0.717, 1.165) is 0 Å². The van der Waals surface area contributed by atoms with E-state index in [1.54, 1.807) is 0 Å². The normalized spacial score (nSPS) is 13.8. The Hall–Kier alpha value is -0.230. The Bertz CT molecular complexity index is 233. The van der Waals surface area contributed by atoms with E-state index in [1.807, 2.05) is 0 Å². The maximum atomic E-state index is 12.3. The first kappa shape index (κ1) is 11.8. The molecule has 3 nitrogen and oxygen atoms in total. The molecule has 0 bridgehead atoms. The Morgan fingerprint density at radius 3 is 2.17 bits per heavy atom. The quantitative estimate of drug-likeness (QED) is 0.737. The fraction of sp³-hybridized carbons (Fsp3) is 0.833. The predicted octanol–water partition coefficient (Wildman–Crippen LogP) is 0.979. The summed E-state index contributed by atoms with van der Waals surface area (Å²) in [6.07, 6.45) is 0. The molecule has 0 amide bonds. The first-order chi connectivity index (χ1) is 5.21. The molecule has 0 aliphatic carbocycles. The number of sulfone groups is 1. The van der Waals surface area contributed by atoms with Crippen LogP contribution < -0.4 is 0 Å². The van der Waals surface area contributed by atoms with Crippen LogP contribution in [-0.2, 0) is 9.84 Å². The van der Waals surface area contributed by atoms with E-state index in [1.165, 1.54) is 13.8 Å². The Morgan fingerprint density at radius 2 is 1.92 bits per heavy atom. The monoisotopic (exact) mass is 201 g/mol. The minimum absolute atomic E-state index is 0.396. The molecule has 12 heavy (non-hydrogen) atoms. The molecular weight excluding hydrogens is 190 g/mol. The van der Waals surface area contributed by atoms with Crippen molar-refractivity contribution >= 4 is 9.84 Å². The van der Waals surface area contributed by atoms with E-state index in [4.69, 9.17) is 5.11 Å². The molecule has 0 spiro atoms. The molecule has 0 saturated carbocycles. The minimum atomic E-state index is -3.81. The van der Waals surface area contributed by atoms with Crippen LogP contribution in [0.25, 0.3) is 0 Å². The third-order valence-corrected chi connectivity index (χ3v) is 3.52. The SMILES string of the molecule is CC(C)S(=O)(=O)CC(F)(F)[CH]O. The van der Waals surface area contributed by atoms with Crippen molar-refractivity contribution in [2.45, 2.75) is 25.0 Å². The van der Waals surface area contributed by atoms with Gasteiger partial charge in [-0.1, -0.05) is 0 Å². The van der Waals surface area contributed by atoms with Crippen molar-refractivity contribution in [1.82, 2.24) is 0 Å². The van der Waals surface area contributed by atoms with Crippen LogP contribution in [0.2, 0.25) is 0 Å². The van der Waals surface area contributed by atoms with Crippen molar-refractivity contribution in [3.8, 4) is 0 Å². The summed E-state index contributed by atoms with van der Waals surface area (Å²) in [6, 6.07) is 0. The van der Waals surface area contributed by atoms with Crippen LogP contribution in [0.5, 0.6) is 0 Å². The molecule has 0 unspecified atom stereocenters. The summed E-state index contributed by atoms with van der Waals surface area (Å²) in [5.74, 6) is -4.99. The molecule has 0 aliphatic heterocycles. The standard InChI is InChI=1S/C6H11F2O3S/c1-5(2)12(10,11)4-6(7,8)3-9/h3,5,9H,4H2,1-2H3. The molecule has 0 heterocycles. The Labute approximate surface area is 70.3 Å². The summed E-state index contributed by atoms with van der Waals surface area (Å²) in [6.45, 7) is 2.22. The van der Waals surface area contributed by atoms with Crippen LogP contribution in [0.15, 0.2) is 0 Å². The van der Waals surface area contributed by atoms with Crippen LogP contribution in [0.4, 0.5) is 8.78 Å².